The van der Waals surface area contributed by atoms with Gasteiger partial charge in [-0.15, -0.1) is 0 Å². The smallest absolute Gasteiger partial charge is 0.327 e. The molecule has 0 saturated heterocycles. The Morgan fingerprint density at radius 3 is 2.47 bits per heavy atom. The van der Waals surface area contributed by atoms with Crippen LogP contribution in [0, 0.1) is 0 Å². The monoisotopic (exact) mass is 271 g/mol. The van der Waals surface area contributed by atoms with Crippen LogP contribution in [0.3, 0.4) is 0 Å². The second-order valence-electron chi connectivity index (χ2n) is 4.48. The fourth-order valence-corrected chi connectivity index (χ4v) is 1.73. The zero-order valence-corrected chi connectivity index (χ0v) is 11.3. The molecule has 1 aromatic carbocycles. The molecule has 19 heavy (non-hydrogen) atoms. The Hall–Kier alpha value is -1.49. The number of ether oxygens (including phenoxy) is 1. The van der Waals surface area contributed by atoms with E-state index in [1.165, 1.54) is 18.2 Å². The molecule has 0 aromatic heterocycles. The summed E-state index contributed by atoms with van der Waals surface area (Å²) in [7, 11) is 0. The first-order valence-electron chi connectivity index (χ1n) is 6.26. The maximum atomic E-state index is 12.7. The standard InChI is InChI=1S/C14H19F2NO2/c1-4-19-14(18)12(17-9(2)3)10-6-5-7-11(8-10)13(15)16/h5-9,12-13,17H,4H2,1-3H3. The summed E-state index contributed by atoms with van der Waals surface area (Å²) >= 11 is 0. The summed E-state index contributed by atoms with van der Waals surface area (Å²) in [6, 6.07) is 5.14. The quantitative estimate of drug-likeness (QED) is 0.807. The van der Waals surface area contributed by atoms with Crippen molar-refractivity contribution in [3.63, 3.8) is 0 Å². The molecule has 1 aromatic rings. The molecule has 1 unspecified atom stereocenters. The Bertz CT molecular complexity index is 422. The van der Waals surface area contributed by atoms with E-state index in [1.54, 1.807) is 13.0 Å². The van der Waals surface area contributed by atoms with Crippen LogP contribution in [0.2, 0.25) is 0 Å². The number of hydrogen-bond donors (Lipinski definition) is 1. The van der Waals surface area contributed by atoms with Crippen molar-refractivity contribution in [3.8, 4) is 0 Å². The molecule has 0 heterocycles. The largest absolute Gasteiger partial charge is 0.465 e. The van der Waals surface area contributed by atoms with Crippen LogP contribution in [0.4, 0.5) is 8.78 Å². The van der Waals surface area contributed by atoms with Crippen molar-refractivity contribution in [1.29, 1.82) is 0 Å². The highest BCUT2D eigenvalue weighted by Gasteiger charge is 2.23. The molecule has 0 fully saturated rings. The van der Waals surface area contributed by atoms with Gasteiger partial charge >= 0.3 is 5.97 Å². The van der Waals surface area contributed by atoms with Crippen LogP contribution in [-0.2, 0) is 9.53 Å². The molecule has 0 spiro atoms. The highest BCUT2D eigenvalue weighted by molar-refractivity contribution is 5.77. The van der Waals surface area contributed by atoms with Crippen LogP contribution in [0.1, 0.15) is 44.4 Å². The number of esters is 1. The van der Waals surface area contributed by atoms with Crippen LogP contribution >= 0.6 is 0 Å². The third kappa shape index (κ3) is 4.59. The minimum absolute atomic E-state index is 0.0320. The molecule has 106 valence electrons. The first kappa shape index (κ1) is 15.6. The van der Waals surface area contributed by atoms with Gasteiger partial charge in [-0.1, -0.05) is 18.2 Å². The van der Waals surface area contributed by atoms with E-state index in [0.29, 0.717) is 5.56 Å². The third-order valence-corrected chi connectivity index (χ3v) is 2.52. The number of nitrogens with one attached hydrogen (secondary N) is 1. The zero-order chi connectivity index (χ0) is 14.4. The Kier molecular flexibility index (Phi) is 5.89. The predicted molar refractivity (Wildman–Crippen MR) is 69.0 cm³/mol. The fraction of sp³-hybridized carbons (Fsp3) is 0.500. The topological polar surface area (TPSA) is 38.3 Å². The molecular weight excluding hydrogens is 252 g/mol. The van der Waals surface area contributed by atoms with Crippen molar-refractivity contribution in [2.24, 2.45) is 0 Å². The zero-order valence-electron chi connectivity index (χ0n) is 11.3. The molecule has 3 nitrogen and oxygen atoms in total. The fourth-order valence-electron chi connectivity index (χ4n) is 1.73. The maximum Gasteiger partial charge on any atom is 0.327 e. The van der Waals surface area contributed by atoms with E-state index >= 15 is 0 Å². The van der Waals surface area contributed by atoms with Crippen LogP contribution < -0.4 is 5.32 Å². The summed E-state index contributed by atoms with van der Waals surface area (Å²) < 4.78 is 30.3. The molecule has 0 saturated carbocycles. The second-order valence-corrected chi connectivity index (χ2v) is 4.48. The SMILES string of the molecule is CCOC(=O)C(NC(C)C)c1cccc(C(F)F)c1. The number of carbonyl (C=O) groups excluding carboxylic acids is 1. The highest BCUT2D eigenvalue weighted by Crippen LogP contribution is 2.23. The van der Waals surface area contributed by atoms with E-state index in [2.05, 4.69) is 5.32 Å². The van der Waals surface area contributed by atoms with Gasteiger partial charge in [0.1, 0.15) is 6.04 Å². The summed E-state index contributed by atoms with van der Waals surface area (Å²) in [5, 5.41) is 3.03. The van der Waals surface area contributed by atoms with E-state index in [1.807, 2.05) is 13.8 Å². The lowest BCUT2D eigenvalue weighted by atomic mass is 10.0. The Balaban J connectivity index is 3.02. The third-order valence-electron chi connectivity index (χ3n) is 2.52. The van der Waals surface area contributed by atoms with Crippen molar-refractivity contribution >= 4 is 5.97 Å². The summed E-state index contributed by atoms with van der Waals surface area (Å²) in [4.78, 5) is 11.9. The van der Waals surface area contributed by atoms with Gasteiger partial charge in [0.15, 0.2) is 0 Å². The van der Waals surface area contributed by atoms with Gasteiger partial charge in [-0.3, -0.25) is 5.32 Å². The molecule has 0 amide bonds. The van der Waals surface area contributed by atoms with E-state index in [-0.39, 0.29) is 18.2 Å². The molecule has 5 heteroatoms. The van der Waals surface area contributed by atoms with Crippen molar-refractivity contribution in [1.82, 2.24) is 5.32 Å². The van der Waals surface area contributed by atoms with Crippen molar-refractivity contribution in [2.45, 2.75) is 39.3 Å². The predicted octanol–water partition coefficient (Wildman–Crippen LogP) is 3.23. The van der Waals surface area contributed by atoms with Crippen molar-refractivity contribution < 1.29 is 18.3 Å². The average Bonchev–Trinajstić information content (AvgIpc) is 2.36. The van der Waals surface area contributed by atoms with Crippen molar-refractivity contribution in [2.75, 3.05) is 6.61 Å². The van der Waals surface area contributed by atoms with Crippen LogP contribution in [0.15, 0.2) is 24.3 Å². The number of carbonyl (C=O) groups is 1. The van der Waals surface area contributed by atoms with Gasteiger partial charge in [0.2, 0.25) is 0 Å². The highest BCUT2D eigenvalue weighted by atomic mass is 19.3. The first-order valence-corrected chi connectivity index (χ1v) is 6.26. The summed E-state index contributed by atoms with van der Waals surface area (Å²) in [5.74, 6) is -0.456. The molecule has 0 aliphatic carbocycles. The van der Waals surface area contributed by atoms with E-state index < -0.39 is 18.4 Å². The van der Waals surface area contributed by atoms with Gasteiger partial charge < -0.3 is 4.74 Å². The first-order chi connectivity index (χ1) is 8.95. The lowest BCUT2D eigenvalue weighted by Crippen LogP contribution is -2.34. The molecule has 0 aliphatic heterocycles. The van der Waals surface area contributed by atoms with E-state index in [0.717, 1.165) is 0 Å². The summed E-state index contributed by atoms with van der Waals surface area (Å²) in [6.07, 6.45) is -2.55. The number of hydrogen-bond acceptors (Lipinski definition) is 3. The Morgan fingerprint density at radius 2 is 1.95 bits per heavy atom. The number of alkyl halides is 2. The number of halogens is 2. The lowest BCUT2D eigenvalue weighted by molar-refractivity contribution is -0.146. The van der Waals surface area contributed by atoms with Gasteiger partial charge in [-0.25, -0.2) is 13.6 Å². The average molecular weight is 271 g/mol. The normalized spacial score (nSPS) is 12.8. The molecule has 0 radical (unpaired) electrons. The van der Waals surface area contributed by atoms with E-state index in [9.17, 15) is 13.6 Å². The van der Waals surface area contributed by atoms with Crippen LogP contribution in [0.25, 0.3) is 0 Å². The maximum absolute atomic E-state index is 12.7. The van der Waals surface area contributed by atoms with Gasteiger partial charge in [-0.05, 0) is 32.4 Å². The lowest BCUT2D eigenvalue weighted by Gasteiger charge is -2.20. The molecule has 1 rings (SSSR count). The van der Waals surface area contributed by atoms with Crippen molar-refractivity contribution in [3.05, 3.63) is 35.4 Å². The van der Waals surface area contributed by atoms with Crippen LogP contribution in [0.5, 0.6) is 0 Å². The Labute approximate surface area is 112 Å². The molecular formula is C14H19F2NO2. The van der Waals surface area contributed by atoms with E-state index in [4.69, 9.17) is 4.74 Å². The van der Waals surface area contributed by atoms with Gasteiger partial charge in [0.25, 0.3) is 6.43 Å². The second kappa shape index (κ2) is 7.19. The number of benzene rings is 1. The Morgan fingerprint density at radius 1 is 1.32 bits per heavy atom. The molecule has 1 atom stereocenters. The summed E-state index contributed by atoms with van der Waals surface area (Å²) in [5.41, 5.74) is 0.391. The minimum Gasteiger partial charge on any atom is -0.465 e. The van der Waals surface area contributed by atoms with Gasteiger partial charge in [0, 0.05) is 11.6 Å². The van der Waals surface area contributed by atoms with Crippen LogP contribution in [-0.4, -0.2) is 18.6 Å². The molecule has 0 bridgehead atoms. The van der Waals surface area contributed by atoms with Gasteiger partial charge in [0.05, 0.1) is 6.61 Å². The summed E-state index contributed by atoms with van der Waals surface area (Å²) in [6.45, 7) is 5.72. The minimum atomic E-state index is -2.55. The molecule has 1 N–H and O–H groups in total. The molecule has 0 aliphatic rings. The number of rotatable bonds is 6. The van der Waals surface area contributed by atoms with Gasteiger partial charge in [-0.2, -0.15) is 0 Å².